The average molecular weight is 420 g/mol. The Labute approximate surface area is 171 Å². The molecule has 1 aromatic heterocycles. The Morgan fingerprint density at radius 3 is 2.20 bits per heavy atom. The first kappa shape index (κ1) is 18.4. The van der Waals surface area contributed by atoms with Crippen molar-refractivity contribution in [3.05, 3.63) is 66.7 Å². The lowest BCUT2D eigenvalue weighted by molar-refractivity contribution is -0.121. The van der Waals surface area contributed by atoms with Crippen molar-refractivity contribution in [3.63, 3.8) is 0 Å². The van der Waals surface area contributed by atoms with Crippen LogP contribution in [0.1, 0.15) is 12.8 Å². The molecule has 5 rings (SSSR count). The third kappa shape index (κ3) is 3.02. The third-order valence-electron chi connectivity index (χ3n) is 5.09. The molecule has 2 heterocycles. The fourth-order valence-electron chi connectivity index (χ4n) is 3.64. The molecule has 0 saturated carbocycles. The highest BCUT2D eigenvalue weighted by atomic mass is 32.2. The number of nitrogens with zero attached hydrogens (tertiary/aromatic N) is 1. The number of imide groups is 1. The van der Waals surface area contributed by atoms with Gasteiger partial charge in [0.05, 0.1) is 16.3 Å². The molecule has 0 bridgehead atoms. The predicted octanol–water partition coefficient (Wildman–Crippen LogP) is 4.04. The largest absolute Gasteiger partial charge is 0.456 e. The fourth-order valence-corrected chi connectivity index (χ4v) is 4.69. The highest BCUT2D eigenvalue weighted by Crippen LogP contribution is 2.31. The van der Waals surface area contributed by atoms with E-state index >= 15 is 0 Å². The van der Waals surface area contributed by atoms with E-state index in [2.05, 4.69) is 4.72 Å². The van der Waals surface area contributed by atoms with Gasteiger partial charge in [-0.3, -0.25) is 19.2 Å². The smallest absolute Gasteiger partial charge is 0.261 e. The average Bonchev–Trinajstić information content (AvgIpc) is 3.26. The van der Waals surface area contributed by atoms with Gasteiger partial charge < -0.3 is 4.42 Å². The number of carbonyl (C=O) groups is 2. The summed E-state index contributed by atoms with van der Waals surface area (Å²) in [6, 6.07) is 18.4. The number of para-hydroxylation sites is 1. The molecular formula is C22H16N2O5S. The van der Waals surface area contributed by atoms with E-state index in [1.54, 1.807) is 12.1 Å². The number of hydrogen-bond acceptors (Lipinski definition) is 5. The highest BCUT2D eigenvalue weighted by molar-refractivity contribution is 7.92. The molecule has 1 aliphatic rings. The molecular weight excluding hydrogens is 404 g/mol. The number of hydrogen-bond donors (Lipinski definition) is 1. The number of nitrogens with one attached hydrogen (secondary N) is 1. The van der Waals surface area contributed by atoms with Gasteiger partial charge in [0.15, 0.2) is 0 Å². The maximum Gasteiger partial charge on any atom is 0.261 e. The second-order valence-electron chi connectivity index (χ2n) is 7.03. The topological polar surface area (TPSA) is 96.7 Å². The van der Waals surface area contributed by atoms with Crippen molar-refractivity contribution in [2.75, 3.05) is 9.62 Å². The Bertz CT molecular complexity index is 1410. The van der Waals surface area contributed by atoms with Crippen LogP contribution in [-0.4, -0.2) is 20.2 Å². The Morgan fingerprint density at radius 1 is 0.800 bits per heavy atom. The van der Waals surface area contributed by atoms with Gasteiger partial charge in [-0.05, 0) is 42.5 Å². The number of benzene rings is 3. The lowest BCUT2D eigenvalue weighted by atomic mass is 10.1. The Morgan fingerprint density at radius 2 is 1.47 bits per heavy atom. The molecule has 4 aromatic rings. The van der Waals surface area contributed by atoms with Crippen LogP contribution in [0.25, 0.3) is 21.9 Å². The molecule has 3 aromatic carbocycles. The van der Waals surface area contributed by atoms with Gasteiger partial charge in [0.1, 0.15) is 11.2 Å². The van der Waals surface area contributed by atoms with Crippen LogP contribution in [0.15, 0.2) is 76.0 Å². The summed E-state index contributed by atoms with van der Waals surface area (Å²) in [7, 11) is -3.86. The molecule has 1 N–H and O–H groups in total. The molecule has 2 amide bonds. The van der Waals surface area contributed by atoms with Crippen LogP contribution >= 0.6 is 0 Å². The van der Waals surface area contributed by atoms with Crippen LogP contribution in [0, 0.1) is 0 Å². The number of amides is 2. The fraction of sp³-hybridized carbons (Fsp3) is 0.0909. The van der Waals surface area contributed by atoms with Crippen molar-refractivity contribution >= 4 is 55.2 Å². The Kier molecular flexibility index (Phi) is 4.11. The van der Waals surface area contributed by atoms with Gasteiger partial charge in [-0.1, -0.05) is 18.2 Å². The summed E-state index contributed by atoms with van der Waals surface area (Å²) in [5, 5.41) is 1.86. The Hall–Kier alpha value is -3.65. The molecule has 1 aliphatic heterocycles. The zero-order valence-electron chi connectivity index (χ0n) is 15.7. The van der Waals surface area contributed by atoms with Crippen molar-refractivity contribution in [1.82, 2.24) is 0 Å². The molecule has 0 spiro atoms. The standard InChI is InChI=1S/C22H16N2O5S/c25-21-11-12-22(26)24(21)15-6-8-16(9-7-15)30(27,28)23-14-5-10-18-17-3-1-2-4-19(17)29-20(18)13-14/h1-10,13,23H,11-12H2. The van der Waals surface area contributed by atoms with Crippen LogP contribution in [0.3, 0.4) is 0 Å². The number of carbonyl (C=O) groups excluding carboxylic acids is 2. The normalized spacial score (nSPS) is 14.7. The summed E-state index contributed by atoms with van der Waals surface area (Å²) in [6.45, 7) is 0. The second kappa shape index (κ2) is 6.70. The van der Waals surface area contributed by atoms with Crippen molar-refractivity contribution in [2.24, 2.45) is 0 Å². The molecule has 0 unspecified atom stereocenters. The number of sulfonamides is 1. The van der Waals surface area contributed by atoms with Gasteiger partial charge in [0, 0.05) is 29.7 Å². The summed E-state index contributed by atoms with van der Waals surface area (Å²) < 4.78 is 33.9. The molecule has 0 aliphatic carbocycles. The molecule has 7 nitrogen and oxygen atoms in total. The van der Waals surface area contributed by atoms with E-state index in [0.29, 0.717) is 17.0 Å². The highest BCUT2D eigenvalue weighted by Gasteiger charge is 2.30. The van der Waals surface area contributed by atoms with Gasteiger partial charge in [0.2, 0.25) is 11.8 Å². The number of anilines is 2. The number of rotatable bonds is 4. The van der Waals surface area contributed by atoms with Gasteiger partial charge in [-0.2, -0.15) is 0 Å². The Balaban J connectivity index is 1.43. The molecule has 0 atom stereocenters. The zero-order valence-corrected chi connectivity index (χ0v) is 16.5. The van der Waals surface area contributed by atoms with Crippen LogP contribution in [0.2, 0.25) is 0 Å². The lowest BCUT2D eigenvalue weighted by Crippen LogP contribution is -2.28. The SMILES string of the molecule is O=C1CCC(=O)N1c1ccc(S(=O)(=O)Nc2ccc3c(c2)oc2ccccc23)cc1. The minimum Gasteiger partial charge on any atom is -0.456 e. The summed E-state index contributed by atoms with van der Waals surface area (Å²) in [6.07, 6.45) is 0.343. The first-order valence-electron chi connectivity index (χ1n) is 9.32. The maximum atomic E-state index is 12.8. The van der Waals surface area contributed by atoms with Gasteiger partial charge in [-0.25, -0.2) is 8.42 Å². The minimum atomic E-state index is -3.86. The molecule has 8 heteroatoms. The summed E-state index contributed by atoms with van der Waals surface area (Å²) in [5.41, 5.74) is 2.05. The monoisotopic (exact) mass is 420 g/mol. The van der Waals surface area contributed by atoms with Gasteiger partial charge in [-0.15, -0.1) is 0 Å². The summed E-state index contributed by atoms with van der Waals surface area (Å²) in [4.78, 5) is 24.8. The minimum absolute atomic E-state index is 0.0232. The molecule has 30 heavy (non-hydrogen) atoms. The van der Waals surface area contributed by atoms with Crippen LogP contribution in [-0.2, 0) is 19.6 Å². The quantitative estimate of drug-likeness (QED) is 0.503. The first-order valence-corrected chi connectivity index (χ1v) is 10.8. The van der Waals surface area contributed by atoms with E-state index in [1.165, 1.54) is 24.3 Å². The zero-order chi connectivity index (χ0) is 20.9. The molecule has 150 valence electrons. The van der Waals surface area contributed by atoms with Crippen molar-refractivity contribution in [2.45, 2.75) is 17.7 Å². The number of furan rings is 1. The second-order valence-corrected chi connectivity index (χ2v) is 8.71. The van der Waals surface area contributed by atoms with Gasteiger partial charge >= 0.3 is 0 Å². The van der Waals surface area contributed by atoms with E-state index < -0.39 is 10.0 Å². The predicted molar refractivity (Wildman–Crippen MR) is 113 cm³/mol. The maximum absolute atomic E-state index is 12.8. The molecule has 1 saturated heterocycles. The first-order chi connectivity index (χ1) is 14.4. The summed E-state index contributed by atoms with van der Waals surface area (Å²) in [5.74, 6) is -0.569. The van der Waals surface area contributed by atoms with E-state index in [4.69, 9.17) is 4.42 Å². The van der Waals surface area contributed by atoms with Crippen molar-refractivity contribution in [3.8, 4) is 0 Å². The molecule has 1 fully saturated rings. The van der Waals surface area contributed by atoms with Gasteiger partial charge in [0.25, 0.3) is 10.0 Å². The van der Waals surface area contributed by atoms with E-state index in [-0.39, 0.29) is 29.6 Å². The van der Waals surface area contributed by atoms with Crippen molar-refractivity contribution in [1.29, 1.82) is 0 Å². The van der Waals surface area contributed by atoms with Crippen LogP contribution in [0.5, 0.6) is 0 Å². The van der Waals surface area contributed by atoms with Crippen LogP contribution in [0.4, 0.5) is 11.4 Å². The number of fused-ring (bicyclic) bond motifs is 3. The molecule has 0 radical (unpaired) electrons. The van der Waals surface area contributed by atoms with Crippen LogP contribution < -0.4 is 9.62 Å². The third-order valence-corrected chi connectivity index (χ3v) is 6.48. The van der Waals surface area contributed by atoms with E-state index in [0.717, 1.165) is 21.3 Å². The van der Waals surface area contributed by atoms with E-state index in [1.807, 2.05) is 30.3 Å². The lowest BCUT2D eigenvalue weighted by Gasteiger charge is -2.14. The van der Waals surface area contributed by atoms with E-state index in [9.17, 15) is 18.0 Å². The summed E-state index contributed by atoms with van der Waals surface area (Å²) >= 11 is 0. The van der Waals surface area contributed by atoms with Crippen molar-refractivity contribution < 1.29 is 22.4 Å².